The molecule has 0 radical (unpaired) electrons. The molecule has 1 heterocycles. The zero-order chi connectivity index (χ0) is 13.9. The molecule has 0 aliphatic heterocycles. The van der Waals surface area contributed by atoms with Crippen LogP contribution in [0.3, 0.4) is 0 Å². The van der Waals surface area contributed by atoms with Crippen molar-refractivity contribution < 1.29 is 4.42 Å². The minimum absolute atomic E-state index is 0.311. The van der Waals surface area contributed by atoms with Crippen molar-refractivity contribution >= 4 is 10.9 Å². The van der Waals surface area contributed by atoms with Crippen molar-refractivity contribution in [2.24, 2.45) is 0 Å². The highest BCUT2D eigenvalue weighted by atomic mass is 16.4. The van der Waals surface area contributed by atoms with Crippen LogP contribution in [0, 0.1) is 6.92 Å². The minimum Gasteiger partial charge on any atom is -0.408 e. The molecule has 2 aromatic carbocycles. The van der Waals surface area contributed by atoms with Crippen molar-refractivity contribution in [2.75, 3.05) is 0 Å². The van der Waals surface area contributed by atoms with Gasteiger partial charge in [-0.2, -0.15) is 0 Å². The van der Waals surface area contributed by atoms with Gasteiger partial charge in [0, 0.05) is 6.42 Å². The third-order valence-electron chi connectivity index (χ3n) is 3.33. The third-order valence-corrected chi connectivity index (χ3v) is 3.33. The Morgan fingerprint density at radius 1 is 1.00 bits per heavy atom. The molecule has 3 aromatic rings. The number of nitrogens with zero attached hydrogens (tertiary/aromatic N) is 1. The second-order valence-corrected chi connectivity index (χ2v) is 4.90. The van der Waals surface area contributed by atoms with E-state index < -0.39 is 0 Å². The number of hydrogen-bond acceptors (Lipinski definition) is 3. The normalized spacial score (nSPS) is 10.8. The van der Waals surface area contributed by atoms with Gasteiger partial charge in [-0.15, -0.1) is 0 Å². The number of aryl methyl sites for hydroxylation is 3. The number of aromatic nitrogens is 1. The molecule has 3 rings (SSSR count). The first-order chi connectivity index (χ1) is 9.72. The fourth-order valence-electron chi connectivity index (χ4n) is 2.18. The summed E-state index contributed by atoms with van der Waals surface area (Å²) < 4.78 is 5.27. The van der Waals surface area contributed by atoms with E-state index in [1.54, 1.807) is 6.07 Å². The molecule has 0 spiro atoms. The van der Waals surface area contributed by atoms with Gasteiger partial charge >= 0.3 is 5.63 Å². The van der Waals surface area contributed by atoms with Crippen molar-refractivity contribution in [1.29, 1.82) is 0 Å². The van der Waals surface area contributed by atoms with Gasteiger partial charge < -0.3 is 4.42 Å². The Morgan fingerprint density at radius 3 is 2.55 bits per heavy atom. The van der Waals surface area contributed by atoms with E-state index in [9.17, 15) is 4.79 Å². The summed E-state index contributed by atoms with van der Waals surface area (Å²) in [7, 11) is 0. The van der Waals surface area contributed by atoms with E-state index in [4.69, 9.17) is 4.42 Å². The lowest BCUT2D eigenvalue weighted by atomic mass is 10.1. The second-order valence-electron chi connectivity index (χ2n) is 4.90. The highest BCUT2D eigenvalue weighted by Crippen LogP contribution is 2.10. The Labute approximate surface area is 116 Å². The van der Waals surface area contributed by atoms with E-state index in [1.165, 1.54) is 11.1 Å². The summed E-state index contributed by atoms with van der Waals surface area (Å²) in [6.07, 6.45) is 1.44. The molecule has 0 aliphatic carbocycles. The Morgan fingerprint density at radius 2 is 1.75 bits per heavy atom. The van der Waals surface area contributed by atoms with E-state index >= 15 is 0 Å². The summed E-state index contributed by atoms with van der Waals surface area (Å²) >= 11 is 0. The summed E-state index contributed by atoms with van der Waals surface area (Å²) in [5.74, 6) is 0.495. The van der Waals surface area contributed by atoms with Crippen LogP contribution in [0.5, 0.6) is 0 Å². The summed E-state index contributed by atoms with van der Waals surface area (Å²) in [4.78, 5) is 16.3. The van der Waals surface area contributed by atoms with Gasteiger partial charge in [-0.25, -0.2) is 9.78 Å². The van der Waals surface area contributed by atoms with E-state index in [0.717, 1.165) is 6.42 Å². The van der Waals surface area contributed by atoms with Crippen molar-refractivity contribution in [3.8, 4) is 0 Å². The zero-order valence-electron chi connectivity index (χ0n) is 11.3. The third kappa shape index (κ3) is 2.62. The van der Waals surface area contributed by atoms with Gasteiger partial charge in [-0.1, -0.05) is 42.0 Å². The molecule has 0 fully saturated rings. The van der Waals surface area contributed by atoms with E-state index in [-0.39, 0.29) is 5.63 Å². The lowest BCUT2D eigenvalue weighted by Crippen LogP contribution is -2.06. The molecule has 3 heteroatoms. The van der Waals surface area contributed by atoms with Gasteiger partial charge in [0.15, 0.2) is 5.89 Å². The Kier molecular flexibility index (Phi) is 3.33. The van der Waals surface area contributed by atoms with Crippen molar-refractivity contribution in [3.63, 3.8) is 0 Å². The quantitative estimate of drug-likeness (QED) is 0.730. The molecule has 0 saturated carbocycles. The first-order valence-corrected chi connectivity index (χ1v) is 6.67. The number of fused-ring (bicyclic) bond motifs is 1. The molecule has 0 saturated heterocycles. The van der Waals surface area contributed by atoms with Crippen LogP contribution in [0.1, 0.15) is 17.0 Å². The number of para-hydroxylation sites is 1. The van der Waals surface area contributed by atoms with Crippen molar-refractivity contribution in [1.82, 2.24) is 4.98 Å². The monoisotopic (exact) mass is 265 g/mol. The van der Waals surface area contributed by atoms with Crippen LogP contribution in [-0.4, -0.2) is 4.98 Å². The molecule has 0 bridgehead atoms. The molecule has 3 nitrogen and oxygen atoms in total. The highest BCUT2D eigenvalue weighted by Gasteiger charge is 2.05. The molecule has 100 valence electrons. The van der Waals surface area contributed by atoms with E-state index in [0.29, 0.717) is 23.2 Å². The molecule has 0 amide bonds. The summed E-state index contributed by atoms with van der Waals surface area (Å²) in [6, 6.07) is 15.6. The smallest absolute Gasteiger partial charge is 0.346 e. The van der Waals surface area contributed by atoms with Crippen molar-refractivity contribution in [3.05, 3.63) is 76.0 Å². The van der Waals surface area contributed by atoms with E-state index in [2.05, 4.69) is 36.2 Å². The SMILES string of the molecule is Cc1ccc(CCc2nc3ccccc3c(=O)o2)cc1. The van der Waals surface area contributed by atoms with Gasteiger partial charge in [-0.05, 0) is 31.0 Å². The van der Waals surface area contributed by atoms with Gasteiger partial charge in [0.25, 0.3) is 0 Å². The lowest BCUT2D eigenvalue weighted by molar-refractivity contribution is 0.444. The molecule has 0 unspecified atom stereocenters. The largest absolute Gasteiger partial charge is 0.408 e. The Balaban J connectivity index is 1.84. The standard InChI is InChI=1S/C17H15NO2/c1-12-6-8-13(9-7-12)10-11-16-18-15-5-3-2-4-14(15)17(19)20-16/h2-9H,10-11H2,1H3. The fourth-order valence-corrected chi connectivity index (χ4v) is 2.18. The molecule has 0 aliphatic rings. The molecule has 0 N–H and O–H groups in total. The lowest BCUT2D eigenvalue weighted by Gasteiger charge is -2.02. The van der Waals surface area contributed by atoms with Gasteiger partial charge in [0.2, 0.25) is 0 Å². The topological polar surface area (TPSA) is 43.1 Å². The van der Waals surface area contributed by atoms with Crippen LogP contribution in [0.2, 0.25) is 0 Å². The van der Waals surface area contributed by atoms with Crippen LogP contribution in [0.15, 0.2) is 57.7 Å². The predicted molar refractivity (Wildman–Crippen MR) is 78.9 cm³/mol. The number of hydrogen-bond donors (Lipinski definition) is 0. The summed E-state index contributed by atoms with van der Waals surface area (Å²) in [6.45, 7) is 2.06. The van der Waals surface area contributed by atoms with Gasteiger partial charge in [0.1, 0.15) is 0 Å². The number of benzene rings is 2. The van der Waals surface area contributed by atoms with Gasteiger partial charge in [0.05, 0.1) is 10.9 Å². The average Bonchev–Trinajstić information content (AvgIpc) is 2.47. The maximum atomic E-state index is 11.8. The molecule has 1 aromatic heterocycles. The zero-order valence-corrected chi connectivity index (χ0v) is 11.3. The van der Waals surface area contributed by atoms with Crippen LogP contribution >= 0.6 is 0 Å². The first-order valence-electron chi connectivity index (χ1n) is 6.67. The number of rotatable bonds is 3. The second kappa shape index (κ2) is 5.29. The van der Waals surface area contributed by atoms with E-state index in [1.807, 2.05) is 18.2 Å². The predicted octanol–water partition coefficient (Wildman–Crippen LogP) is 3.28. The van der Waals surface area contributed by atoms with Crippen LogP contribution < -0.4 is 5.63 Å². The van der Waals surface area contributed by atoms with Crippen LogP contribution in [0.25, 0.3) is 10.9 Å². The van der Waals surface area contributed by atoms with Crippen LogP contribution in [-0.2, 0) is 12.8 Å². The van der Waals surface area contributed by atoms with Crippen LogP contribution in [0.4, 0.5) is 0 Å². The molecule has 0 atom stereocenters. The molecular weight excluding hydrogens is 250 g/mol. The van der Waals surface area contributed by atoms with Gasteiger partial charge in [-0.3, -0.25) is 0 Å². The molecular formula is C17H15NO2. The average molecular weight is 265 g/mol. The summed E-state index contributed by atoms with van der Waals surface area (Å²) in [5.41, 5.74) is 2.84. The fraction of sp³-hybridized carbons (Fsp3) is 0.176. The summed E-state index contributed by atoms with van der Waals surface area (Å²) in [5, 5.41) is 0.534. The highest BCUT2D eigenvalue weighted by molar-refractivity contribution is 5.76. The Bertz CT molecular complexity index is 788. The van der Waals surface area contributed by atoms with Crippen molar-refractivity contribution in [2.45, 2.75) is 19.8 Å². The maximum absolute atomic E-state index is 11.8. The first kappa shape index (κ1) is 12.6. The minimum atomic E-state index is -0.311. The molecule has 20 heavy (non-hydrogen) atoms. The Hall–Kier alpha value is -2.42. The maximum Gasteiger partial charge on any atom is 0.346 e.